The third-order valence-electron chi connectivity index (χ3n) is 5.52. The molecule has 0 amide bonds. The SMILES string of the molecule is O=S(=O)(O)C1=C(S(=O)(=O)O)c2nc1nc1ccc(nc3nc(nc4c5ccccc5c(n2)n4S(=O)(=O)O)C=C3)[nH]1. The monoisotopic (exact) mass is 604 g/mol. The molecule has 0 saturated carbocycles. The van der Waals surface area contributed by atoms with Crippen LogP contribution >= 0.6 is 0 Å². The Bertz CT molecular complexity index is 2360. The minimum absolute atomic E-state index is 0.00979. The van der Waals surface area contributed by atoms with Gasteiger partial charge in [-0.25, -0.2) is 29.9 Å². The summed E-state index contributed by atoms with van der Waals surface area (Å²) in [7, 11) is -16.2. The fraction of sp³-hybridized carbons (Fsp3) is 0. The third kappa shape index (κ3) is 4.33. The first-order valence-corrected chi connectivity index (χ1v) is 14.9. The molecule has 5 heterocycles. The summed E-state index contributed by atoms with van der Waals surface area (Å²) in [5.41, 5.74) is -1.02. The van der Waals surface area contributed by atoms with Gasteiger partial charge in [-0.3, -0.25) is 13.7 Å². The fourth-order valence-electron chi connectivity index (χ4n) is 4.06. The van der Waals surface area contributed by atoms with Crippen molar-refractivity contribution in [3.8, 4) is 0 Å². The Morgan fingerprint density at radius 3 is 1.65 bits per heavy atom. The van der Waals surface area contributed by atoms with Crippen molar-refractivity contribution in [3.63, 3.8) is 0 Å². The maximum Gasteiger partial charge on any atom is 0.366 e. The Labute approximate surface area is 223 Å². The standard InChI is InChI=1S/C20H12N8O9S3/c29-38(30,31)15-16(39(32,33)34)18-26-17(15)24-13-7-5-11(22-13)21-12-6-8-14(23-12)25-19-9-3-1-2-4-10(9)20(27-18)28(19)40(35,36)37/h1-8H,(H,29,30,31)(H,32,33,34)(H,35,36,37)(H,21,22,23,24,25,26,27). The van der Waals surface area contributed by atoms with E-state index in [4.69, 9.17) is 0 Å². The number of hydrogen-bond acceptors (Lipinski definition) is 12. The van der Waals surface area contributed by atoms with Gasteiger partial charge in [0.2, 0.25) is 0 Å². The lowest BCUT2D eigenvalue weighted by atomic mass is 10.2. The summed E-state index contributed by atoms with van der Waals surface area (Å²) in [4.78, 5) is 24.1. The van der Waals surface area contributed by atoms with Gasteiger partial charge < -0.3 is 4.98 Å². The van der Waals surface area contributed by atoms with Crippen LogP contribution in [0.4, 0.5) is 0 Å². The average Bonchev–Trinajstić information content (AvgIpc) is 3.60. The number of H-pyrrole nitrogens is 1. The van der Waals surface area contributed by atoms with Crippen LogP contribution in [0.1, 0.15) is 23.3 Å². The van der Waals surface area contributed by atoms with Gasteiger partial charge in [-0.2, -0.15) is 29.2 Å². The second-order valence-electron chi connectivity index (χ2n) is 8.14. The van der Waals surface area contributed by atoms with Crippen LogP contribution in [0.3, 0.4) is 0 Å². The molecular formula is C20H12N8O9S3. The van der Waals surface area contributed by atoms with E-state index in [0.717, 1.165) is 0 Å². The van der Waals surface area contributed by atoms with E-state index in [1.165, 1.54) is 48.6 Å². The molecule has 0 saturated heterocycles. The Morgan fingerprint density at radius 1 is 0.600 bits per heavy atom. The lowest BCUT2D eigenvalue weighted by Gasteiger charge is -2.02. The smallest absolute Gasteiger partial charge is 0.325 e. The van der Waals surface area contributed by atoms with E-state index in [9.17, 15) is 38.9 Å². The van der Waals surface area contributed by atoms with E-state index in [1.54, 1.807) is 0 Å². The molecule has 0 aliphatic carbocycles. The molecule has 2 aliphatic heterocycles. The van der Waals surface area contributed by atoms with Crippen molar-refractivity contribution in [2.24, 2.45) is 0 Å². The largest absolute Gasteiger partial charge is 0.366 e. The van der Waals surface area contributed by atoms with Crippen LogP contribution in [0, 0.1) is 0 Å². The highest BCUT2D eigenvalue weighted by atomic mass is 32.2. The summed E-state index contributed by atoms with van der Waals surface area (Å²) in [5.74, 6) is -1.88. The summed E-state index contributed by atoms with van der Waals surface area (Å²) < 4.78 is 105. The second kappa shape index (κ2) is 8.51. The Morgan fingerprint density at radius 2 is 1.10 bits per heavy atom. The molecule has 17 nitrogen and oxygen atoms in total. The number of hydrogen-bond donors (Lipinski definition) is 4. The predicted octanol–water partition coefficient (Wildman–Crippen LogP) is 0.944. The van der Waals surface area contributed by atoms with E-state index in [0.29, 0.717) is 0 Å². The molecule has 40 heavy (non-hydrogen) atoms. The van der Waals surface area contributed by atoms with Crippen molar-refractivity contribution >= 4 is 85.9 Å². The van der Waals surface area contributed by atoms with Crippen LogP contribution in [0.2, 0.25) is 0 Å². The minimum Gasteiger partial charge on any atom is -0.325 e. The third-order valence-corrected chi connectivity index (χ3v) is 8.27. The molecular weight excluding hydrogens is 592 g/mol. The van der Waals surface area contributed by atoms with Crippen molar-refractivity contribution in [1.29, 1.82) is 0 Å². The summed E-state index contributed by atoms with van der Waals surface area (Å²) in [6.45, 7) is 0. The predicted molar refractivity (Wildman–Crippen MR) is 139 cm³/mol. The van der Waals surface area contributed by atoms with Gasteiger partial charge in [0.05, 0.1) is 0 Å². The molecule has 3 aromatic heterocycles. The Kier molecular flexibility index (Phi) is 5.49. The summed E-state index contributed by atoms with van der Waals surface area (Å²) in [6.07, 6.45) is 2.87. The molecule has 4 aromatic rings. The number of fused-ring (bicyclic) bond motifs is 11. The molecule has 0 spiro atoms. The summed E-state index contributed by atoms with van der Waals surface area (Å²) >= 11 is 0. The maximum absolute atomic E-state index is 12.6. The van der Waals surface area contributed by atoms with Crippen LogP contribution < -0.4 is 0 Å². The van der Waals surface area contributed by atoms with Crippen LogP contribution in [-0.4, -0.2) is 77.8 Å². The number of aromatic amines is 1. The zero-order valence-electron chi connectivity index (χ0n) is 19.3. The zero-order valence-corrected chi connectivity index (χ0v) is 21.7. The molecule has 2 aliphatic rings. The van der Waals surface area contributed by atoms with E-state index in [-0.39, 0.29) is 37.7 Å². The van der Waals surface area contributed by atoms with Crippen LogP contribution in [0.25, 0.3) is 55.3 Å². The molecule has 4 N–H and O–H groups in total. The molecule has 1 aromatic carbocycles. The molecule has 6 rings (SSSR count). The first kappa shape index (κ1) is 25.8. The van der Waals surface area contributed by atoms with Crippen LogP contribution in [0.5, 0.6) is 0 Å². The fourth-order valence-corrected chi connectivity index (χ4v) is 6.70. The minimum atomic E-state index is -5.50. The van der Waals surface area contributed by atoms with Crippen molar-refractivity contribution in [3.05, 3.63) is 59.7 Å². The van der Waals surface area contributed by atoms with Crippen molar-refractivity contribution < 1.29 is 38.9 Å². The topological polar surface area (TPSA) is 261 Å². The lowest BCUT2D eigenvalue weighted by molar-refractivity contribution is 0.475. The van der Waals surface area contributed by atoms with Gasteiger partial charge >= 0.3 is 10.3 Å². The number of nitrogens with zero attached hydrogens (tertiary/aromatic N) is 7. The van der Waals surface area contributed by atoms with Gasteiger partial charge in [-0.15, -0.1) is 0 Å². The number of aromatic nitrogens is 8. The Hall–Kier alpha value is -4.47. The molecule has 20 heteroatoms. The van der Waals surface area contributed by atoms with Crippen molar-refractivity contribution in [2.45, 2.75) is 0 Å². The number of rotatable bonds is 3. The van der Waals surface area contributed by atoms with Gasteiger partial charge in [0.1, 0.15) is 11.3 Å². The highest BCUT2D eigenvalue weighted by Gasteiger charge is 2.39. The highest BCUT2D eigenvalue weighted by molar-refractivity contribution is 8.01. The molecule has 0 radical (unpaired) electrons. The quantitative estimate of drug-likeness (QED) is 0.209. The zero-order chi connectivity index (χ0) is 28.6. The van der Waals surface area contributed by atoms with Gasteiger partial charge in [0.15, 0.2) is 44.4 Å². The second-order valence-corrected chi connectivity index (χ2v) is 12.1. The molecule has 0 unspecified atom stereocenters. The van der Waals surface area contributed by atoms with Gasteiger partial charge in [-0.05, 0) is 24.3 Å². The molecule has 204 valence electrons. The van der Waals surface area contributed by atoms with E-state index in [1.807, 2.05) is 0 Å². The average molecular weight is 605 g/mol. The first-order chi connectivity index (χ1) is 18.7. The number of nitrogens with one attached hydrogen (secondary N) is 1. The van der Waals surface area contributed by atoms with Gasteiger partial charge in [0, 0.05) is 10.8 Å². The van der Waals surface area contributed by atoms with E-state index in [2.05, 4.69) is 34.9 Å². The lowest BCUT2D eigenvalue weighted by Crippen LogP contribution is -2.12. The maximum atomic E-state index is 12.6. The first-order valence-electron chi connectivity index (χ1n) is 10.7. The van der Waals surface area contributed by atoms with Gasteiger partial charge in [-0.1, -0.05) is 24.3 Å². The van der Waals surface area contributed by atoms with Crippen molar-refractivity contribution in [1.82, 2.24) is 38.9 Å². The van der Waals surface area contributed by atoms with E-state index >= 15 is 0 Å². The summed E-state index contributed by atoms with van der Waals surface area (Å²) in [6, 6.07) is 8.49. The van der Waals surface area contributed by atoms with E-state index < -0.39 is 63.3 Å². The highest BCUT2D eigenvalue weighted by Crippen LogP contribution is 2.36. The summed E-state index contributed by atoms with van der Waals surface area (Å²) in [5, 5.41) is 0.0857. The van der Waals surface area contributed by atoms with Crippen molar-refractivity contribution in [2.75, 3.05) is 0 Å². The molecule has 8 bridgehead atoms. The van der Waals surface area contributed by atoms with Gasteiger partial charge in [0.25, 0.3) is 20.2 Å². The number of benzene rings is 1. The normalized spacial score (nSPS) is 14.3. The molecule has 0 atom stereocenters. The van der Waals surface area contributed by atoms with Crippen LogP contribution in [0.15, 0.2) is 36.4 Å². The Balaban J connectivity index is 1.95. The van der Waals surface area contributed by atoms with Crippen LogP contribution in [-0.2, 0) is 30.5 Å². The molecule has 0 fully saturated rings.